The zero-order chi connectivity index (χ0) is 22.3. The minimum absolute atomic E-state index is 0.106. The predicted octanol–water partition coefficient (Wildman–Crippen LogP) is 3.33. The van der Waals surface area contributed by atoms with Crippen LogP contribution in [0.5, 0.6) is 5.75 Å². The molecule has 2 fully saturated rings. The number of likely N-dealkylation sites (tertiary alicyclic amines) is 1. The van der Waals surface area contributed by atoms with E-state index in [0.29, 0.717) is 44.2 Å². The van der Waals surface area contributed by atoms with E-state index in [1.807, 2.05) is 36.1 Å². The van der Waals surface area contributed by atoms with Gasteiger partial charge in [0, 0.05) is 39.3 Å². The van der Waals surface area contributed by atoms with E-state index in [0.717, 1.165) is 31.7 Å². The third-order valence-electron chi connectivity index (χ3n) is 6.25. The molecule has 7 nitrogen and oxygen atoms in total. The molecule has 32 heavy (non-hydrogen) atoms. The molecule has 3 heterocycles. The van der Waals surface area contributed by atoms with Crippen LogP contribution in [0, 0.1) is 6.92 Å². The van der Waals surface area contributed by atoms with Crippen LogP contribution in [0.1, 0.15) is 47.6 Å². The molecule has 2 saturated heterocycles. The summed E-state index contributed by atoms with van der Waals surface area (Å²) in [7, 11) is 0. The van der Waals surface area contributed by atoms with Crippen molar-refractivity contribution in [1.29, 1.82) is 0 Å². The van der Waals surface area contributed by atoms with E-state index in [4.69, 9.17) is 9.15 Å². The Bertz CT molecular complexity index is 892. The van der Waals surface area contributed by atoms with Crippen molar-refractivity contribution in [3.05, 3.63) is 53.5 Å². The zero-order valence-electron chi connectivity index (χ0n) is 18.9. The molecule has 2 aliphatic heterocycles. The second kappa shape index (κ2) is 10.7. The summed E-state index contributed by atoms with van der Waals surface area (Å²) < 4.78 is 11.5. The first kappa shape index (κ1) is 22.4. The number of aryl methyl sites for hydroxylation is 1. The number of hydrogen-bond acceptors (Lipinski definition) is 5. The molecule has 0 bridgehead atoms. The summed E-state index contributed by atoms with van der Waals surface area (Å²) in [6.07, 6.45) is 4.65. The number of amides is 2. The molecule has 0 unspecified atom stereocenters. The minimum atomic E-state index is -0.106. The lowest BCUT2D eigenvalue weighted by Gasteiger charge is -2.35. The van der Waals surface area contributed by atoms with E-state index in [1.54, 1.807) is 17.0 Å². The number of benzene rings is 1. The van der Waals surface area contributed by atoms with Crippen LogP contribution in [-0.4, -0.2) is 72.3 Å². The Kier molecular flexibility index (Phi) is 7.47. The molecule has 0 spiro atoms. The number of carbonyl (C=O) groups is 2. The van der Waals surface area contributed by atoms with Crippen molar-refractivity contribution in [3.8, 4) is 5.75 Å². The maximum Gasteiger partial charge on any atom is 0.289 e. The van der Waals surface area contributed by atoms with Crippen LogP contribution in [0.2, 0.25) is 0 Å². The Morgan fingerprint density at radius 3 is 2.22 bits per heavy atom. The van der Waals surface area contributed by atoms with E-state index >= 15 is 0 Å². The molecule has 7 heteroatoms. The Hall–Kier alpha value is -2.80. The molecule has 2 aromatic rings. The van der Waals surface area contributed by atoms with Crippen molar-refractivity contribution in [2.75, 3.05) is 45.8 Å². The van der Waals surface area contributed by atoms with Gasteiger partial charge in [0.1, 0.15) is 18.1 Å². The van der Waals surface area contributed by atoms with Gasteiger partial charge in [-0.15, -0.1) is 0 Å². The number of hydrogen-bond donors (Lipinski definition) is 0. The quantitative estimate of drug-likeness (QED) is 0.691. The molecule has 0 aliphatic carbocycles. The molecular formula is C25H33N3O4. The van der Waals surface area contributed by atoms with Crippen LogP contribution in [0.25, 0.3) is 0 Å². The molecule has 1 aromatic heterocycles. The lowest BCUT2D eigenvalue weighted by molar-refractivity contribution is -0.132. The highest BCUT2D eigenvalue weighted by atomic mass is 16.5. The Balaban J connectivity index is 1.23. The Morgan fingerprint density at radius 1 is 0.844 bits per heavy atom. The summed E-state index contributed by atoms with van der Waals surface area (Å²) >= 11 is 0. The van der Waals surface area contributed by atoms with Crippen molar-refractivity contribution in [2.45, 2.75) is 39.2 Å². The Labute approximate surface area is 189 Å². The van der Waals surface area contributed by atoms with Gasteiger partial charge >= 0.3 is 0 Å². The molecule has 0 N–H and O–H groups in total. The summed E-state index contributed by atoms with van der Waals surface area (Å²) in [6.45, 7) is 7.13. The van der Waals surface area contributed by atoms with Crippen molar-refractivity contribution >= 4 is 11.8 Å². The normalized spacial score (nSPS) is 17.8. The van der Waals surface area contributed by atoms with Gasteiger partial charge in [0.25, 0.3) is 5.91 Å². The average molecular weight is 440 g/mol. The van der Waals surface area contributed by atoms with Gasteiger partial charge in [0.2, 0.25) is 5.91 Å². The summed E-state index contributed by atoms with van der Waals surface area (Å²) in [6, 6.07) is 11.3. The zero-order valence-corrected chi connectivity index (χ0v) is 18.9. The summed E-state index contributed by atoms with van der Waals surface area (Å²) in [5, 5.41) is 0. The van der Waals surface area contributed by atoms with Gasteiger partial charge in [-0.1, -0.05) is 30.5 Å². The highest BCUT2D eigenvalue weighted by molar-refractivity contribution is 5.91. The van der Waals surface area contributed by atoms with Gasteiger partial charge < -0.3 is 19.0 Å². The van der Waals surface area contributed by atoms with Crippen molar-refractivity contribution in [2.24, 2.45) is 0 Å². The van der Waals surface area contributed by atoms with Crippen LogP contribution in [0.4, 0.5) is 0 Å². The fourth-order valence-corrected chi connectivity index (χ4v) is 4.24. The smallest absolute Gasteiger partial charge is 0.289 e. The topological polar surface area (TPSA) is 66.2 Å². The molecule has 0 atom stereocenters. The Morgan fingerprint density at radius 2 is 1.53 bits per heavy atom. The highest BCUT2D eigenvalue weighted by Gasteiger charge is 2.26. The van der Waals surface area contributed by atoms with Gasteiger partial charge in [-0.05, 0) is 44.0 Å². The minimum Gasteiger partial charge on any atom is -0.486 e. The largest absolute Gasteiger partial charge is 0.486 e. The van der Waals surface area contributed by atoms with E-state index in [-0.39, 0.29) is 18.4 Å². The van der Waals surface area contributed by atoms with Crippen LogP contribution < -0.4 is 4.74 Å². The highest BCUT2D eigenvalue weighted by Crippen LogP contribution is 2.17. The van der Waals surface area contributed by atoms with Gasteiger partial charge in [-0.2, -0.15) is 0 Å². The van der Waals surface area contributed by atoms with Gasteiger partial charge in [-0.3, -0.25) is 14.5 Å². The molecule has 1 aromatic carbocycles. The lowest BCUT2D eigenvalue weighted by Crippen LogP contribution is -2.51. The lowest BCUT2D eigenvalue weighted by atomic mass is 10.2. The van der Waals surface area contributed by atoms with E-state index in [9.17, 15) is 9.59 Å². The molecule has 0 saturated carbocycles. The predicted molar refractivity (Wildman–Crippen MR) is 122 cm³/mol. The monoisotopic (exact) mass is 439 g/mol. The maximum absolute atomic E-state index is 12.8. The SMILES string of the molecule is Cc1ccc(OCc2ccc(C(=O)N3CCN(CC(=O)N4CCCCCC4)CC3)o2)cc1. The van der Waals surface area contributed by atoms with Gasteiger partial charge in [-0.25, -0.2) is 0 Å². The second-order valence-corrected chi connectivity index (χ2v) is 8.73. The van der Waals surface area contributed by atoms with E-state index in [1.165, 1.54) is 18.4 Å². The number of furan rings is 1. The number of rotatable bonds is 6. The fourth-order valence-electron chi connectivity index (χ4n) is 4.24. The van der Waals surface area contributed by atoms with E-state index < -0.39 is 0 Å². The van der Waals surface area contributed by atoms with Crippen LogP contribution in [0.3, 0.4) is 0 Å². The third kappa shape index (κ3) is 5.91. The number of piperazine rings is 1. The van der Waals surface area contributed by atoms with Crippen LogP contribution >= 0.6 is 0 Å². The average Bonchev–Trinajstić information content (AvgIpc) is 3.11. The molecule has 0 radical (unpaired) electrons. The fraction of sp³-hybridized carbons (Fsp3) is 0.520. The summed E-state index contributed by atoms with van der Waals surface area (Å²) in [5.41, 5.74) is 1.18. The molecule has 172 valence electrons. The van der Waals surface area contributed by atoms with Gasteiger partial charge in [0.15, 0.2) is 5.76 Å². The van der Waals surface area contributed by atoms with Crippen molar-refractivity contribution in [1.82, 2.24) is 14.7 Å². The second-order valence-electron chi connectivity index (χ2n) is 8.73. The number of carbonyl (C=O) groups excluding carboxylic acids is 2. The summed E-state index contributed by atoms with van der Waals surface area (Å²) in [5.74, 6) is 1.84. The number of ether oxygens (including phenoxy) is 1. The molecule has 2 aliphatic rings. The van der Waals surface area contributed by atoms with Crippen molar-refractivity contribution in [3.63, 3.8) is 0 Å². The third-order valence-corrected chi connectivity index (χ3v) is 6.25. The molecule has 2 amide bonds. The van der Waals surface area contributed by atoms with Crippen molar-refractivity contribution < 1.29 is 18.7 Å². The first-order valence-corrected chi connectivity index (χ1v) is 11.7. The number of nitrogens with zero attached hydrogens (tertiary/aromatic N) is 3. The first-order chi connectivity index (χ1) is 15.6. The maximum atomic E-state index is 12.8. The van der Waals surface area contributed by atoms with Crippen LogP contribution in [-0.2, 0) is 11.4 Å². The first-order valence-electron chi connectivity index (χ1n) is 11.7. The van der Waals surface area contributed by atoms with Crippen LogP contribution in [0.15, 0.2) is 40.8 Å². The standard InChI is InChI=1S/C25H33N3O4/c1-20-6-8-21(9-7-20)31-19-22-10-11-23(32-22)25(30)28-16-14-26(15-17-28)18-24(29)27-12-4-2-3-5-13-27/h6-11H,2-5,12-19H2,1H3. The molecule has 4 rings (SSSR count). The molecular weight excluding hydrogens is 406 g/mol. The van der Waals surface area contributed by atoms with Gasteiger partial charge in [0.05, 0.1) is 6.54 Å². The van der Waals surface area contributed by atoms with E-state index in [2.05, 4.69) is 4.90 Å². The summed E-state index contributed by atoms with van der Waals surface area (Å²) in [4.78, 5) is 31.4.